The minimum absolute atomic E-state index is 0.0131. The standard InChI is InChI=1S/2C25H26FN5O.2C24H25FN6O/c1-15-4-6-18(19(10-15)23-27-8-3-9-28-23)25(32)31-14-17-5-7-22(31)21(12-17)30-24-20(26)11-16(2)13-29-24;1-15-4-6-18(23-27-8-3-9-28-23)19(10-15)25(32)31-14-17-5-7-22(31)21(12-17)30-24-20(26)11-16(2)13-29-24;1-14-10-18(25)22(28-12-14)30-19-11-16-5-7-20(19)31(13-16)24(32)17-6-4-15(2)29-21(17)23-26-8-3-9-27-23;1-14-10-18(25)23(28-12-14)30-19-11-16-5-7-20(19)31(13-16)24(32)21-17(6-4-15(2)29-21)22-26-8-3-9-27-22/h2*3-4,6,8-11,13,17,21-22H,5,7,12,14H2,1-2H3,(H,29,30);2*3-4,6,8-10,12,16,19-20H,5,7,11,13H2,1-2H3,(H,28,30). The average Bonchev–Trinajstić information content (AvgIpc) is 0.775. The Morgan fingerprint density at radius 3 is 1.01 bits per heavy atom. The van der Waals surface area contributed by atoms with Crippen molar-refractivity contribution in [2.75, 3.05) is 47.4 Å². The second kappa shape index (κ2) is 37.9. The van der Waals surface area contributed by atoms with Crippen LogP contribution in [0.5, 0.6) is 0 Å². The fraction of sp³-hybridized carbons (Fsp3) is 0.367. The summed E-state index contributed by atoms with van der Waals surface area (Å²) in [5.74, 6) is 2.80. The first kappa shape index (κ1) is 86.6. The van der Waals surface area contributed by atoms with Crippen LogP contribution in [0.1, 0.15) is 163 Å². The van der Waals surface area contributed by atoms with Gasteiger partial charge in [0.2, 0.25) is 0 Å². The van der Waals surface area contributed by atoms with Crippen LogP contribution in [0.25, 0.3) is 45.7 Å². The lowest BCUT2D eigenvalue weighted by Crippen LogP contribution is -2.60. The molecule has 26 nitrogen and oxygen atoms in total. The number of benzene rings is 2. The minimum atomic E-state index is -0.367. The molecule has 0 spiro atoms. The van der Waals surface area contributed by atoms with Crippen molar-refractivity contribution in [2.45, 2.75) is 181 Å². The predicted molar refractivity (Wildman–Crippen MR) is 478 cm³/mol. The van der Waals surface area contributed by atoms with Crippen LogP contribution in [0.3, 0.4) is 0 Å². The fourth-order valence-corrected chi connectivity index (χ4v) is 19.8. The minimum Gasteiger partial charge on any atom is -0.363 e. The van der Waals surface area contributed by atoms with Crippen molar-refractivity contribution in [2.24, 2.45) is 23.7 Å². The summed E-state index contributed by atoms with van der Waals surface area (Å²) in [5, 5.41) is 13.1. The molecule has 12 fully saturated rings. The van der Waals surface area contributed by atoms with E-state index in [1.807, 2.05) is 136 Å². The van der Waals surface area contributed by atoms with Crippen LogP contribution in [0.15, 0.2) is 184 Å². The zero-order chi connectivity index (χ0) is 89.0. The number of pyridine rings is 6. The number of fused-ring (bicyclic) bond motifs is 12. The van der Waals surface area contributed by atoms with Crippen molar-refractivity contribution < 1.29 is 36.7 Å². The normalized spacial score (nSPS) is 22.1. The number of anilines is 4. The molecule has 24 rings (SSSR count). The van der Waals surface area contributed by atoms with Crippen LogP contribution in [0.2, 0.25) is 0 Å². The van der Waals surface area contributed by atoms with E-state index in [1.165, 1.54) is 24.3 Å². The zero-order valence-electron chi connectivity index (χ0n) is 72.8. The van der Waals surface area contributed by atoms with Crippen LogP contribution >= 0.6 is 0 Å². The second-order valence-corrected chi connectivity index (χ2v) is 35.3. The Labute approximate surface area is 740 Å². The molecule has 30 heteroatoms. The molecule has 12 atom stereocenters. The third-order valence-electron chi connectivity index (χ3n) is 25.9. The van der Waals surface area contributed by atoms with E-state index in [9.17, 15) is 36.7 Å². The number of amides is 4. The molecule has 8 saturated heterocycles. The number of hydrogen-bond acceptors (Lipinski definition) is 22. The quantitative estimate of drug-likeness (QED) is 0.0653. The van der Waals surface area contributed by atoms with Gasteiger partial charge in [0.15, 0.2) is 69.8 Å². The van der Waals surface area contributed by atoms with E-state index in [2.05, 4.69) is 91.0 Å². The van der Waals surface area contributed by atoms with Gasteiger partial charge in [-0.25, -0.2) is 87.3 Å². The van der Waals surface area contributed by atoms with E-state index in [1.54, 1.807) is 98.6 Å². The fourth-order valence-electron chi connectivity index (χ4n) is 19.8. The van der Waals surface area contributed by atoms with E-state index in [4.69, 9.17) is 0 Å². The largest absolute Gasteiger partial charge is 0.363 e. The number of halogens is 4. The SMILES string of the molecule is Cc1cnc(NC2CC3CCC2N(C(=O)c2cc(C)ccc2-c2ncccn2)C3)c(F)c1.Cc1cnc(NC2CC3CCC2N(C(=O)c2ccc(C)cc2-c2ncccn2)C3)c(F)c1.Cc1cnc(NC2CC3CCC2N(C(=O)c2ccc(C)nc2-c2ncccn2)C3)c(F)c1.Cc1cnc(NC2CC3CCC2N(C(=O)c2nc(C)ccc2-c2ncccn2)C3)c(F)c1. The molecule has 12 aliphatic rings. The Bertz CT molecular complexity index is 5710. The lowest BCUT2D eigenvalue weighted by Gasteiger charge is -2.50. The summed E-state index contributed by atoms with van der Waals surface area (Å²) in [4.78, 5) is 124. The number of hydrogen-bond donors (Lipinski definition) is 4. The maximum Gasteiger partial charge on any atom is 0.273 e. The second-order valence-electron chi connectivity index (χ2n) is 35.3. The van der Waals surface area contributed by atoms with Gasteiger partial charge in [-0.3, -0.25) is 19.2 Å². The summed E-state index contributed by atoms with van der Waals surface area (Å²) in [6.45, 7) is 17.8. The first-order chi connectivity index (χ1) is 62.0. The first-order valence-electron chi connectivity index (χ1n) is 44.0. The Kier molecular flexibility index (Phi) is 25.7. The number of piperidine rings is 8. The van der Waals surface area contributed by atoms with E-state index < -0.39 is 0 Å². The van der Waals surface area contributed by atoms with Gasteiger partial charge >= 0.3 is 0 Å². The highest BCUT2D eigenvalue weighted by Crippen LogP contribution is 2.44. The number of aromatic nitrogens is 14. The lowest BCUT2D eigenvalue weighted by atomic mass is 9.76. The number of nitrogens with one attached hydrogen (secondary N) is 4. The highest BCUT2D eigenvalue weighted by Gasteiger charge is 2.49. The van der Waals surface area contributed by atoms with Crippen LogP contribution in [0, 0.1) is 102 Å². The molecule has 4 N–H and O–H groups in total. The molecule has 0 radical (unpaired) electrons. The molecule has 2 aromatic carbocycles. The van der Waals surface area contributed by atoms with Gasteiger partial charge in [-0.2, -0.15) is 0 Å². The molecular weight excluding hydrogens is 1630 g/mol. The maximum absolute atomic E-state index is 14.4. The average molecular weight is 1730 g/mol. The van der Waals surface area contributed by atoms with Gasteiger partial charge in [-0.15, -0.1) is 0 Å². The highest BCUT2D eigenvalue weighted by molar-refractivity contribution is 6.02. The van der Waals surface area contributed by atoms with Crippen LogP contribution in [0.4, 0.5) is 40.8 Å². The molecule has 4 saturated carbocycles. The zero-order valence-corrected chi connectivity index (χ0v) is 72.8. The Balaban J connectivity index is 0.000000120. The molecule has 4 aliphatic carbocycles. The summed E-state index contributed by atoms with van der Waals surface area (Å²) in [5.41, 5.74) is 11.4. The maximum atomic E-state index is 14.4. The highest BCUT2D eigenvalue weighted by atomic mass is 19.1. The van der Waals surface area contributed by atoms with Gasteiger partial charge < -0.3 is 40.9 Å². The predicted octanol–water partition coefficient (Wildman–Crippen LogP) is 16.4. The monoisotopic (exact) mass is 1730 g/mol. The molecule has 656 valence electrons. The smallest absolute Gasteiger partial charge is 0.273 e. The molecule has 8 bridgehead atoms. The molecule has 12 unspecified atom stereocenters. The summed E-state index contributed by atoms with van der Waals surface area (Å²) in [6.07, 6.45) is 31.4. The van der Waals surface area contributed by atoms with E-state index >= 15 is 0 Å². The van der Waals surface area contributed by atoms with Crippen molar-refractivity contribution in [1.82, 2.24) is 89.4 Å². The molecule has 128 heavy (non-hydrogen) atoms. The van der Waals surface area contributed by atoms with Crippen LogP contribution < -0.4 is 21.3 Å². The number of nitrogens with zero attached hydrogens (tertiary/aromatic N) is 18. The van der Waals surface area contributed by atoms with E-state index in [0.717, 1.165) is 133 Å². The summed E-state index contributed by atoms with van der Waals surface area (Å²) in [6, 6.07) is 31.6. The summed E-state index contributed by atoms with van der Waals surface area (Å²) in [7, 11) is 0. The summed E-state index contributed by atoms with van der Waals surface area (Å²) >= 11 is 0. The van der Waals surface area contributed by atoms with Crippen molar-refractivity contribution >= 4 is 46.9 Å². The summed E-state index contributed by atoms with van der Waals surface area (Å²) < 4.78 is 57.7. The van der Waals surface area contributed by atoms with Crippen molar-refractivity contribution in [1.29, 1.82) is 0 Å². The lowest BCUT2D eigenvalue weighted by molar-refractivity contribution is 0.0274. The molecule has 10 aromatic heterocycles. The van der Waals surface area contributed by atoms with Gasteiger partial charge in [0.25, 0.3) is 23.6 Å². The van der Waals surface area contributed by atoms with Gasteiger partial charge in [-0.05, 0) is 269 Å². The van der Waals surface area contributed by atoms with Gasteiger partial charge in [0.05, 0.1) is 46.4 Å². The Morgan fingerprint density at radius 2 is 0.617 bits per heavy atom. The van der Waals surface area contributed by atoms with Crippen LogP contribution in [-0.4, -0.2) is 188 Å². The van der Waals surface area contributed by atoms with Crippen LogP contribution in [-0.2, 0) is 0 Å². The van der Waals surface area contributed by atoms with Gasteiger partial charge in [-0.1, -0.05) is 29.3 Å². The first-order valence-corrected chi connectivity index (χ1v) is 44.0. The molecule has 18 heterocycles. The van der Waals surface area contributed by atoms with Gasteiger partial charge in [0.1, 0.15) is 11.4 Å². The number of rotatable bonds is 16. The Morgan fingerprint density at radius 1 is 0.305 bits per heavy atom. The van der Waals surface area contributed by atoms with Gasteiger partial charge in [0, 0.05) is 147 Å². The number of carbonyl (C=O) groups is 4. The third kappa shape index (κ3) is 19.1. The van der Waals surface area contributed by atoms with E-state index in [0.29, 0.717) is 107 Å². The molecule has 8 aliphatic heterocycles. The molecule has 4 amide bonds. The Hall–Kier alpha value is -13.5. The van der Waals surface area contributed by atoms with Crippen molar-refractivity contribution in [3.8, 4) is 45.7 Å². The number of carbonyl (C=O) groups excluding carboxylic acids is 4. The molecule has 12 aromatic rings. The molecular formula is C98H102F4N22O4. The topological polar surface area (TPSA) is 310 Å². The third-order valence-corrected chi connectivity index (χ3v) is 25.9. The van der Waals surface area contributed by atoms with Crippen molar-refractivity contribution in [3.05, 3.63) is 274 Å². The van der Waals surface area contributed by atoms with E-state index in [-0.39, 0.29) is 119 Å². The van der Waals surface area contributed by atoms with Crippen molar-refractivity contribution in [3.63, 3.8) is 0 Å². The number of aryl methyl sites for hydroxylation is 8.